The Hall–Kier alpha value is -3.84. The quantitative estimate of drug-likeness (QED) is 0.0117. The molecule has 0 spiro atoms. The summed E-state index contributed by atoms with van der Waals surface area (Å²) in [5.41, 5.74) is 4.58. The number of allylic oxidation sites excluding steroid dienone is 10. The third-order valence-electron chi connectivity index (χ3n) is 11.4. The number of rotatable bonds is 40. The van der Waals surface area contributed by atoms with Gasteiger partial charge in [0.05, 0.1) is 19.3 Å². The van der Waals surface area contributed by atoms with Crippen LogP contribution in [0, 0.1) is 5.92 Å². The van der Waals surface area contributed by atoms with Crippen LogP contribution in [-0.2, 0) is 46.3 Å². The molecular formula is C51H83N3O16P2. The standard InChI is InChI=1S/C51H83N3O16P2/c1-4-6-26-32-42(55)33-28-23-19-15-10-8-7-9-11-16-20-24-29-34-46(56)65-38-43(68-47(57)35-30-25-21-17-13-12-14-18-22-27-31-41(3)5-2)39-66-71(61,62)70-72(63,64)67-40-44-48(58)49(59)50(69-44)54-37-36-45(52)53-51(54)60/h6,8-11,19-20,23-24,26,28,33,36-37,41-44,48-50,55,58-59H,4-5,7,12-18,21-22,25,27,29-32,34-35,38-40H2,1-3H3,(H,61,62)(H,63,64)(H2,52,53,60)/b10-8-,11-9-,23-19+,24-20-,26-6-,33-28+/t41?,42?,43-,44-,48-,49-,50-/m1/s1. The van der Waals surface area contributed by atoms with Crippen molar-refractivity contribution < 1.29 is 71.4 Å². The first-order valence-electron chi connectivity index (χ1n) is 25.5. The number of aliphatic hydroxyl groups is 3. The second kappa shape index (κ2) is 37.8. The molecule has 1 aromatic heterocycles. The molecule has 0 saturated carbocycles. The van der Waals surface area contributed by atoms with E-state index in [1.54, 1.807) is 6.08 Å². The lowest BCUT2D eigenvalue weighted by Gasteiger charge is -2.21. The van der Waals surface area contributed by atoms with Gasteiger partial charge < -0.3 is 45.1 Å². The predicted molar refractivity (Wildman–Crippen MR) is 276 cm³/mol. The second-order valence-corrected chi connectivity index (χ2v) is 20.8. The summed E-state index contributed by atoms with van der Waals surface area (Å²) in [5.74, 6) is -0.637. The maximum absolute atomic E-state index is 12.9. The van der Waals surface area contributed by atoms with Crippen LogP contribution in [-0.4, -0.2) is 96.9 Å². The number of hydrogen-bond donors (Lipinski definition) is 6. The summed E-state index contributed by atoms with van der Waals surface area (Å²) in [7, 11) is -10.9. The number of nitrogens with zero attached hydrogens (tertiary/aromatic N) is 2. The molecule has 0 aliphatic carbocycles. The van der Waals surface area contributed by atoms with E-state index in [2.05, 4.69) is 23.1 Å². The zero-order valence-electron chi connectivity index (χ0n) is 42.5. The van der Waals surface area contributed by atoms with Crippen molar-refractivity contribution >= 4 is 33.4 Å². The predicted octanol–water partition coefficient (Wildman–Crippen LogP) is 9.33. The number of ether oxygens (including phenoxy) is 3. The van der Waals surface area contributed by atoms with Crippen LogP contribution in [0.25, 0.3) is 0 Å². The van der Waals surface area contributed by atoms with E-state index in [-0.39, 0.29) is 18.7 Å². The lowest BCUT2D eigenvalue weighted by Crippen LogP contribution is -2.36. The normalized spacial score (nSPS) is 20.6. The fourth-order valence-corrected chi connectivity index (χ4v) is 9.21. The van der Waals surface area contributed by atoms with Crippen molar-refractivity contribution in [3.05, 3.63) is 95.7 Å². The number of aliphatic hydroxyl groups excluding tert-OH is 3. The monoisotopic (exact) mass is 1060 g/mol. The Morgan fingerprint density at radius 3 is 2.04 bits per heavy atom. The van der Waals surface area contributed by atoms with Crippen LogP contribution in [0.15, 0.2) is 90.0 Å². The Morgan fingerprint density at radius 2 is 1.40 bits per heavy atom. The molecule has 0 radical (unpaired) electrons. The minimum Gasteiger partial charge on any atom is -0.462 e. The molecule has 21 heteroatoms. The number of esters is 2. The van der Waals surface area contributed by atoms with Crippen LogP contribution in [0.2, 0.25) is 0 Å². The molecule has 1 fully saturated rings. The summed E-state index contributed by atoms with van der Waals surface area (Å²) in [6.45, 7) is 4.17. The molecule has 72 heavy (non-hydrogen) atoms. The summed E-state index contributed by atoms with van der Waals surface area (Å²) >= 11 is 0. The SMILES string of the molecule is CC/C=C\CC(O)/C=C/C=C/C/C=C\C/C=C\C/C=C\CCC(=O)OC[C@H](COP(=O)(O)OP(=O)(O)OC[C@H]1O[C@@H](n2ccc(N)nc2=O)[C@H](O)[C@@H]1O)OC(=O)CCCCCCCCCCCCC(C)CC. The van der Waals surface area contributed by atoms with Gasteiger partial charge in [-0.3, -0.25) is 23.2 Å². The molecule has 7 N–H and O–H groups in total. The average molecular weight is 1060 g/mol. The molecule has 1 aliphatic heterocycles. The molecule has 0 bridgehead atoms. The number of aromatic nitrogens is 2. The Balaban J connectivity index is 1.84. The van der Waals surface area contributed by atoms with E-state index in [9.17, 15) is 48.6 Å². The molecule has 1 aliphatic rings. The van der Waals surface area contributed by atoms with Crippen molar-refractivity contribution in [1.82, 2.24) is 9.55 Å². The first-order chi connectivity index (χ1) is 34.5. The van der Waals surface area contributed by atoms with Gasteiger partial charge in [-0.2, -0.15) is 9.29 Å². The largest absolute Gasteiger partial charge is 0.481 e. The first kappa shape index (κ1) is 64.3. The lowest BCUT2D eigenvalue weighted by atomic mass is 9.99. The third kappa shape index (κ3) is 30.4. The summed E-state index contributed by atoms with van der Waals surface area (Å²) in [5, 5.41) is 30.8. The van der Waals surface area contributed by atoms with Gasteiger partial charge in [0.25, 0.3) is 0 Å². The van der Waals surface area contributed by atoms with Gasteiger partial charge in [-0.15, -0.1) is 0 Å². The van der Waals surface area contributed by atoms with Gasteiger partial charge in [0.2, 0.25) is 0 Å². The molecule has 1 aromatic rings. The maximum Gasteiger partial charge on any atom is 0.481 e. The molecule has 0 amide bonds. The van der Waals surface area contributed by atoms with Crippen molar-refractivity contribution in [1.29, 1.82) is 0 Å². The third-order valence-corrected chi connectivity index (χ3v) is 14.0. The first-order valence-corrected chi connectivity index (χ1v) is 28.4. The van der Waals surface area contributed by atoms with E-state index < -0.39 is 89.8 Å². The number of anilines is 1. The number of nitrogens with two attached hydrogens (primary N) is 1. The Labute approximate surface area is 426 Å². The smallest absolute Gasteiger partial charge is 0.462 e. The van der Waals surface area contributed by atoms with Gasteiger partial charge in [-0.05, 0) is 56.9 Å². The van der Waals surface area contributed by atoms with E-state index in [4.69, 9.17) is 29.0 Å². The molecule has 2 heterocycles. The minimum absolute atomic E-state index is 0.0162. The highest BCUT2D eigenvalue weighted by Crippen LogP contribution is 2.60. The van der Waals surface area contributed by atoms with Gasteiger partial charge in [-0.25, -0.2) is 13.9 Å². The van der Waals surface area contributed by atoms with Crippen LogP contribution < -0.4 is 11.4 Å². The van der Waals surface area contributed by atoms with Gasteiger partial charge >= 0.3 is 33.3 Å². The number of phosphoric acid groups is 2. The van der Waals surface area contributed by atoms with E-state index in [1.165, 1.54) is 51.0 Å². The molecule has 0 aromatic carbocycles. The van der Waals surface area contributed by atoms with E-state index in [1.807, 2.05) is 73.8 Å². The molecule has 1 saturated heterocycles. The summed E-state index contributed by atoms with van der Waals surface area (Å²) in [6, 6.07) is 1.24. The molecule has 2 rings (SSSR count). The van der Waals surface area contributed by atoms with Crippen molar-refractivity contribution in [2.24, 2.45) is 5.92 Å². The Morgan fingerprint density at radius 1 is 0.792 bits per heavy atom. The highest BCUT2D eigenvalue weighted by molar-refractivity contribution is 7.61. The lowest BCUT2D eigenvalue weighted by molar-refractivity contribution is -0.161. The summed E-state index contributed by atoms with van der Waals surface area (Å²) in [6.07, 6.45) is 33.3. The fraction of sp³-hybridized carbons (Fsp3) is 0.647. The van der Waals surface area contributed by atoms with Gasteiger partial charge in [0.15, 0.2) is 12.3 Å². The van der Waals surface area contributed by atoms with Crippen LogP contribution in [0.1, 0.15) is 155 Å². The zero-order valence-corrected chi connectivity index (χ0v) is 44.3. The van der Waals surface area contributed by atoms with Gasteiger partial charge in [0.1, 0.15) is 30.7 Å². The second-order valence-electron chi connectivity index (χ2n) is 17.7. The number of carbonyl (C=O) groups is 2. The number of nitrogen functional groups attached to an aromatic ring is 1. The minimum atomic E-state index is -5.45. The van der Waals surface area contributed by atoms with Gasteiger partial charge in [0, 0.05) is 19.0 Å². The number of phosphoric ester groups is 2. The number of carbonyl (C=O) groups excluding carboxylic acids is 2. The summed E-state index contributed by atoms with van der Waals surface area (Å²) < 4.78 is 56.7. The molecule has 19 nitrogen and oxygen atoms in total. The van der Waals surface area contributed by atoms with Gasteiger partial charge in [-0.1, -0.05) is 164 Å². The average Bonchev–Trinajstić information content (AvgIpc) is 3.61. The van der Waals surface area contributed by atoms with E-state index >= 15 is 0 Å². The molecular weight excluding hydrogens is 973 g/mol. The number of hydrogen-bond acceptors (Lipinski definition) is 16. The van der Waals surface area contributed by atoms with Crippen LogP contribution >= 0.6 is 15.6 Å². The highest BCUT2D eigenvalue weighted by Gasteiger charge is 2.46. The molecule has 408 valence electrons. The summed E-state index contributed by atoms with van der Waals surface area (Å²) in [4.78, 5) is 61.9. The van der Waals surface area contributed by atoms with Crippen LogP contribution in [0.4, 0.5) is 5.82 Å². The molecule has 4 unspecified atom stereocenters. The van der Waals surface area contributed by atoms with Crippen molar-refractivity contribution in [2.45, 2.75) is 186 Å². The van der Waals surface area contributed by atoms with Crippen molar-refractivity contribution in [3.8, 4) is 0 Å². The fourth-order valence-electron chi connectivity index (χ4n) is 7.10. The van der Waals surface area contributed by atoms with Crippen LogP contribution in [0.3, 0.4) is 0 Å². The van der Waals surface area contributed by atoms with Crippen molar-refractivity contribution in [2.75, 3.05) is 25.6 Å². The zero-order chi connectivity index (χ0) is 53.0. The topological polar surface area (TPSA) is 286 Å². The van der Waals surface area contributed by atoms with E-state index in [0.29, 0.717) is 25.7 Å². The Kier molecular flexibility index (Phi) is 33.8. The Bertz CT molecular complexity index is 2020. The van der Waals surface area contributed by atoms with E-state index in [0.717, 1.165) is 61.6 Å². The highest BCUT2D eigenvalue weighted by atomic mass is 31.3. The van der Waals surface area contributed by atoms with Crippen LogP contribution in [0.5, 0.6) is 0 Å². The maximum atomic E-state index is 12.9. The molecule has 9 atom stereocenters. The van der Waals surface area contributed by atoms with Crippen molar-refractivity contribution in [3.63, 3.8) is 0 Å². The number of unbranched alkanes of at least 4 members (excludes halogenated alkanes) is 9.